The monoisotopic (exact) mass is 552 g/mol. The number of piperidine rings is 1. The number of ether oxygens (including phenoxy) is 1. The van der Waals surface area contributed by atoms with Gasteiger partial charge in [0.15, 0.2) is 5.82 Å². The van der Waals surface area contributed by atoms with Crippen LogP contribution in [-0.2, 0) is 16.1 Å². The summed E-state index contributed by atoms with van der Waals surface area (Å²) in [6.07, 6.45) is -2.41. The van der Waals surface area contributed by atoms with Crippen molar-refractivity contribution in [3.63, 3.8) is 0 Å². The van der Waals surface area contributed by atoms with E-state index < -0.39 is 12.1 Å². The summed E-state index contributed by atoms with van der Waals surface area (Å²) in [7, 11) is 0. The predicted octanol–water partition coefficient (Wildman–Crippen LogP) is 4.13. The lowest BCUT2D eigenvalue weighted by atomic mass is 9.97. The van der Waals surface area contributed by atoms with Gasteiger partial charge >= 0.3 is 12.1 Å². The van der Waals surface area contributed by atoms with Crippen molar-refractivity contribution in [3.05, 3.63) is 52.4 Å². The molecule has 1 aliphatic heterocycles. The van der Waals surface area contributed by atoms with E-state index in [4.69, 9.17) is 16.9 Å². The zero-order chi connectivity index (χ0) is 27.9. The topological polar surface area (TPSA) is 111 Å². The molecular weight excluding hydrogens is 525 g/mol. The van der Waals surface area contributed by atoms with E-state index in [0.29, 0.717) is 44.6 Å². The van der Waals surface area contributed by atoms with Gasteiger partial charge in [-0.05, 0) is 55.5 Å². The molecule has 0 spiro atoms. The SMILES string of the molecule is CC(C)CN(NC(=O)c1ccc(CN2CCC(COC(=O)C(F)(F)F)CC2)cc1)c1nc(C#N)ncc1Cl. The number of likely N-dealkylation sites (tertiary alicyclic amines) is 1. The average molecular weight is 553 g/mol. The molecule has 9 nitrogen and oxygen atoms in total. The number of nitrogens with zero attached hydrogens (tertiary/aromatic N) is 5. The van der Waals surface area contributed by atoms with Gasteiger partial charge in [0, 0.05) is 18.7 Å². The second kappa shape index (κ2) is 12.9. The van der Waals surface area contributed by atoms with Crippen LogP contribution < -0.4 is 10.4 Å². The molecule has 1 aromatic heterocycles. The predicted molar refractivity (Wildman–Crippen MR) is 133 cm³/mol. The van der Waals surface area contributed by atoms with E-state index in [1.165, 1.54) is 11.2 Å². The molecule has 0 atom stereocenters. The van der Waals surface area contributed by atoms with E-state index >= 15 is 0 Å². The molecule has 1 amide bonds. The molecule has 204 valence electrons. The van der Waals surface area contributed by atoms with Gasteiger partial charge in [0.25, 0.3) is 5.91 Å². The molecule has 0 bridgehead atoms. The highest BCUT2D eigenvalue weighted by Gasteiger charge is 2.41. The molecule has 1 fully saturated rings. The zero-order valence-corrected chi connectivity index (χ0v) is 21.7. The van der Waals surface area contributed by atoms with Crippen LogP contribution in [0, 0.1) is 23.2 Å². The molecular formula is C25H28ClF3N6O3. The van der Waals surface area contributed by atoms with Crippen molar-refractivity contribution >= 4 is 29.3 Å². The second-order valence-corrected chi connectivity index (χ2v) is 9.84. The molecule has 0 unspecified atom stereocenters. The van der Waals surface area contributed by atoms with Gasteiger partial charge in [-0.2, -0.15) is 23.4 Å². The van der Waals surface area contributed by atoms with Gasteiger partial charge in [0.05, 0.1) is 12.8 Å². The molecule has 2 aromatic rings. The minimum Gasteiger partial charge on any atom is -0.459 e. The molecule has 0 radical (unpaired) electrons. The van der Waals surface area contributed by atoms with Crippen molar-refractivity contribution in [2.75, 3.05) is 31.3 Å². The molecule has 1 saturated heterocycles. The summed E-state index contributed by atoms with van der Waals surface area (Å²) < 4.78 is 41.2. The summed E-state index contributed by atoms with van der Waals surface area (Å²) in [6, 6.07) is 8.93. The first kappa shape index (κ1) is 29.1. The van der Waals surface area contributed by atoms with Crippen molar-refractivity contribution in [2.24, 2.45) is 11.8 Å². The van der Waals surface area contributed by atoms with Crippen molar-refractivity contribution in [2.45, 2.75) is 39.4 Å². The van der Waals surface area contributed by atoms with E-state index in [1.807, 2.05) is 32.0 Å². The molecule has 3 rings (SSSR count). The van der Waals surface area contributed by atoms with E-state index in [2.05, 4.69) is 25.0 Å². The van der Waals surface area contributed by atoms with Gasteiger partial charge in [-0.25, -0.2) is 9.78 Å². The molecule has 0 saturated carbocycles. The van der Waals surface area contributed by atoms with Gasteiger partial charge < -0.3 is 4.74 Å². The minimum absolute atomic E-state index is 0.0666. The highest BCUT2D eigenvalue weighted by molar-refractivity contribution is 6.32. The molecule has 0 aliphatic carbocycles. The van der Waals surface area contributed by atoms with Crippen LogP contribution in [0.3, 0.4) is 0 Å². The number of nitriles is 1. The summed E-state index contributed by atoms with van der Waals surface area (Å²) in [6.45, 7) is 6.02. The second-order valence-electron chi connectivity index (χ2n) is 9.44. The lowest BCUT2D eigenvalue weighted by molar-refractivity contribution is -0.201. The molecule has 38 heavy (non-hydrogen) atoms. The van der Waals surface area contributed by atoms with E-state index in [9.17, 15) is 22.8 Å². The van der Waals surface area contributed by atoms with Gasteiger partial charge in [0.1, 0.15) is 11.1 Å². The first-order valence-corrected chi connectivity index (χ1v) is 12.4. The Hall–Kier alpha value is -3.43. The summed E-state index contributed by atoms with van der Waals surface area (Å²) in [5.41, 5.74) is 4.19. The quantitative estimate of drug-likeness (QED) is 0.365. The Morgan fingerprint density at radius 1 is 1.26 bits per heavy atom. The van der Waals surface area contributed by atoms with E-state index in [0.717, 1.165) is 5.56 Å². The van der Waals surface area contributed by atoms with Crippen LogP contribution in [0.4, 0.5) is 19.0 Å². The number of halogens is 4. The normalized spacial score (nSPS) is 14.7. The number of hydrazine groups is 1. The highest BCUT2D eigenvalue weighted by Crippen LogP contribution is 2.24. The number of rotatable bonds is 9. The molecule has 1 aliphatic rings. The third kappa shape index (κ3) is 8.29. The maximum atomic E-state index is 13.0. The Kier molecular flexibility index (Phi) is 9.88. The van der Waals surface area contributed by atoms with E-state index in [1.54, 1.807) is 12.1 Å². The molecule has 13 heteroatoms. The van der Waals surface area contributed by atoms with Crippen LogP contribution in [0.2, 0.25) is 5.02 Å². The first-order valence-electron chi connectivity index (χ1n) is 12.0. The van der Waals surface area contributed by atoms with Crippen LogP contribution in [0.5, 0.6) is 0 Å². The number of anilines is 1. The number of amides is 1. The Bertz CT molecular complexity index is 1160. The smallest absolute Gasteiger partial charge is 0.459 e. The summed E-state index contributed by atoms with van der Waals surface area (Å²) >= 11 is 6.23. The number of aromatic nitrogens is 2. The molecule has 1 aromatic carbocycles. The summed E-state index contributed by atoms with van der Waals surface area (Å²) in [5, 5.41) is 10.8. The summed E-state index contributed by atoms with van der Waals surface area (Å²) in [4.78, 5) is 34.0. The number of nitrogens with one attached hydrogen (secondary N) is 1. The Balaban J connectivity index is 1.55. The summed E-state index contributed by atoms with van der Waals surface area (Å²) in [5.74, 6) is -2.32. The fourth-order valence-electron chi connectivity index (χ4n) is 3.94. The van der Waals surface area contributed by atoms with Gasteiger partial charge in [-0.1, -0.05) is 37.6 Å². The van der Waals surface area contributed by atoms with Crippen molar-refractivity contribution in [1.29, 1.82) is 5.26 Å². The first-order chi connectivity index (χ1) is 18.0. The Morgan fingerprint density at radius 2 is 1.92 bits per heavy atom. The lowest BCUT2D eigenvalue weighted by Crippen LogP contribution is -2.45. The number of hydrogen-bond donors (Lipinski definition) is 1. The van der Waals surface area contributed by atoms with Crippen molar-refractivity contribution < 1.29 is 27.5 Å². The Labute approximate surface area is 223 Å². The third-order valence-electron chi connectivity index (χ3n) is 5.88. The zero-order valence-electron chi connectivity index (χ0n) is 21.0. The van der Waals surface area contributed by atoms with Crippen LogP contribution in [-0.4, -0.2) is 59.2 Å². The van der Waals surface area contributed by atoms with E-state index in [-0.39, 0.29) is 41.0 Å². The number of carbonyl (C=O) groups excluding carboxylic acids is 2. The van der Waals surface area contributed by atoms with Crippen LogP contribution >= 0.6 is 11.6 Å². The fourth-order valence-corrected chi connectivity index (χ4v) is 4.14. The number of esters is 1. The van der Waals surface area contributed by atoms with Crippen LogP contribution in [0.25, 0.3) is 0 Å². The average Bonchev–Trinajstić information content (AvgIpc) is 2.87. The highest BCUT2D eigenvalue weighted by atomic mass is 35.5. The standard InChI is InChI=1S/C25H28ClF3N6O3/c1-16(2)13-35(22-20(26)12-31-21(11-30)32-22)33-23(36)19-5-3-17(4-6-19)14-34-9-7-18(8-10-34)15-38-24(37)25(27,28)29/h3-6,12,16,18H,7-10,13-15H2,1-2H3,(H,33,36). The van der Waals surface area contributed by atoms with Crippen LogP contribution in [0.1, 0.15) is 48.4 Å². The van der Waals surface area contributed by atoms with Gasteiger partial charge in [0.2, 0.25) is 5.82 Å². The molecule has 1 N–H and O–H groups in total. The minimum atomic E-state index is -4.97. The van der Waals surface area contributed by atoms with Crippen molar-refractivity contribution in [1.82, 2.24) is 20.3 Å². The number of benzene rings is 1. The maximum Gasteiger partial charge on any atom is 0.490 e. The third-order valence-corrected chi connectivity index (χ3v) is 6.14. The number of alkyl halides is 3. The number of carbonyl (C=O) groups is 2. The maximum absolute atomic E-state index is 13.0. The number of hydrogen-bond acceptors (Lipinski definition) is 8. The largest absolute Gasteiger partial charge is 0.490 e. The lowest BCUT2D eigenvalue weighted by Gasteiger charge is -2.31. The van der Waals surface area contributed by atoms with Gasteiger partial charge in [-0.3, -0.25) is 20.1 Å². The molecule has 2 heterocycles. The van der Waals surface area contributed by atoms with Crippen molar-refractivity contribution in [3.8, 4) is 6.07 Å². The van der Waals surface area contributed by atoms with Crippen LogP contribution in [0.15, 0.2) is 30.5 Å². The fraction of sp³-hybridized carbons (Fsp3) is 0.480. The van der Waals surface area contributed by atoms with Gasteiger partial charge in [-0.15, -0.1) is 0 Å². The Morgan fingerprint density at radius 3 is 2.50 bits per heavy atom.